The molecule has 4 nitrogen and oxygen atoms in total. The zero-order chi connectivity index (χ0) is 6.69. The van der Waals surface area contributed by atoms with Gasteiger partial charge in [-0.05, 0) is 0 Å². The standard InChI is InChI=1S/C5H8N4.ClH/c6-1-4-2-8-5(7)9-3-4;/h2-3H,1,6H2,(H2,7,8,9);1H. The van der Waals surface area contributed by atoms with Crippen LogP contribution in [0.2, 0.25) is 0 Å². The summed E-state index contributed by atoms with van der Waals surface area (Å²) in [5, 5.41) is 0. The Morgan fingerprint density at radius 2 is 1.80 bits per heavy atom. The van der Waals surface area contributed by atoms with Crippen LogP contribution in [0.4, 0.5) is 5.95 Å². The molecule has 56 valence electrons. The third-order valence-electron chi connectivity index (χ3n) is 0.961. The van der Waals surface area contributed by atoms with E-state index in [0.717, 1.165) is 5.56 Å². The smallest absolute Gasteiger partial charge is 0.219 e. The van der Waals surface area contributed by atoms with Crippen LogP contribution in [0.15, 0.2) is 12.4 Å². The van der Waals surface area contributed by atoms with Gasteiger partial charge in [0.15, 0.2) is 0 Å². The molecule has 0 radical (unpaired) electrons. The molecule has 0 aliphatic carbocycles. The maximum absolute atomic E-state index is 5.28. The van der Waals surface area contributed by atoms with Crippen LogP contribution in [0.3, 0.4) is 0 Å². The van der Waals surface area contributed by atoms with Gasteiger partial charge >= 0.3 is 0 Å². The molecule has 0 aromatic carbocycles. The minimum Gasteiger partial charge on any atom is -0.368 e. The van der Waals surface area contributed by atoms with Crippen molar-refractivity contribution in [2.75, 3.05) is 5.73 Å². The minimum absolute atomic E-state index is 0. The second kappa shape index (κ2) is 4.03. The zero-order valence-electron chi connectivity index (χ0n) is 5.32. The maximum Gasteiger partial charge on any atom is 0.219 e. The quantitative estimate of drug-likeness (QED) is 0.604. The van der Waals surface area contributed by atoms with E-state index in [2.05, 4.69) is 9.97 Å². The Morgan fingerprint density at radius 1 is 1.30 bits per heavy atom. The Balaban J connectivity index is 0.000000810. The number of anilines is 1. The molecular formula is C5H9ClN4. The third kappa shape index (κ3) is 2.16. The van der Waals surface area contributed by atoms with Gasteiger partial charge in [-0.2, -0.15) is 0 Å². The second-order valence-corrected chi connectivity index (χ2v) is 1.65. The monoisotopic (exact) mass is 160 g/mol. The van der Waals surface area contributed by atoms with Crippen LogP contribution in [-0.4, -0.2) is 9.97 Å². The van der Waals surface area contributed by atoms with E-state index in [-0.39, 0.29) is 18.4 Å². The molecule has 0 spiro atoms. The molecule has 0 unspecified atom stereocenters. The van der Waals surface area contributed by atoms with Crippen LogP contribution >= 0.6 is 12.4 Å². The van der Waals surface area contributed by atoms with Gasteiger partial charge in [0, 0.05) is 24.5 Å². The molecule has 1 rings (SSSR count). The summed E-state index contributed by atoms with van der Waals surface area (Å²) in [4.78, 5) is 7.47. The molecule has 1 aromatic heterocycles. The van der Waals surface area contributed by atoms with Gasteiger partial charge in [-0.1, -0.05) is 0 Å². The van der Waals surface area contributed by atoms with Gasteiger partial charge in [0.2, 0.25) is 5.95 Å². The van der Waals surface area contributed by atoms with Crippen molar-refractivity contribution >= 4 is 18.4 Å². The van der Waals surface area contributed by atoms with Gasteiger partial charge in [0.05, 0.1) is 0 Å². The Kier molecular flexibility index (Phi) is 3.68. The number of aromatic nitrogens is 2. The summed E-state index contributed by atoms with van der Waals surface area (Å²) in [6, 6.07) is 0. The first-order valence-electron chi connectivity index (χ1n) is 2.59. The number of hydrogen-bond acceptors (Lipinski definition) is 4. The summed E-state index contributed by atoms with van der Waals surface area (Å²) >= 11 is 0. The summed E-state index contributed by atoms with van der Waals surface area (Å²) in [7, 11) is 0. The largest absolute Gasteiger partial charge is 0.368 e. The number of nitrogen functional groups attached to an aromatic ring is 1. The molecule has 0 saturated carbocycles. The topological polar surface area (TPSA) is 77.8 Å². The van der Waals surface area contributed by atoms with Crippen LogP contribution < -0.4 is 11.5 Å². The van der Waals surface area contributed by atoms with E-state index in [0.29, 0.717) is 6.54 Å². The number of rotatable bonds is 1. The van der Waals surface area contributed by atoms with Crippen LogP contribution in [0.25, 0.3) is 0 Å². The predicted molar refractivity (Wildman–Crippen MR) is 41.6 cm³/mol. The van der Waals surface area contributed by atoms with Gasteiger partial charge in [-0.15, -0.1) is 12.4 Å². The van der Waals surface area contributed by atoms with Crippen LogP contribution in [0.1, 0.15) is 5.56 Å². The molecule has 4 N–H and O–H groups in total. The highest BCUT2D eigenvalue weighted by Gasteiger charge is 1.88. The van der Waals surface area contributed by atoms with E-state index in [1.54, 1.807) is 12.4 Å². The third-order valence-corrected chi connectivity index (χ3v) is 0.961. The maximum atomic E-state index is 5.28. The zero-order valence-corrected chi connectivity index (χ0v) is 6.14. The Morgan fingerprint density at radius 3 is 2.20 bits per heavy atom. The molecule has 0 aliphatic heterocycles. The van der Waals surface area contributed by atoms with Crippen molar-refractivity contribution in [2.45, 2.75) is 6.54 Å². The second-order valence-electron chi connectivity index (χ2n) is 1.65. The summed E-state index contributed by atoms with van der Waals surface area (Å²) in [5.74, 6) is 0.284. The first kappa shape index (κ1) is 9.13. The van der Waals surface area contributed by atoms with Crippen LogP contribution in [-0.2, 0) is 6.54 Å². The summed E-state index contributed by atoms with van der Waals surface area (Å²) in [6.07, 6.45) is 3.23. The summed E-state index contributed by atoms with van der Waals surface area (Å²) in [6.45, 7) is 0.459. The lowest BCUT2D eigenvalue weighted by molar-refractivity contribution is 1.01. The van der Waals surface area contributed by atoms with E-state index < -0.39 is 0 Å². The van der Waals surface area contributed by atoms with Gasteiger partial charge in [0.1, 0.15) is 0 Å². The first-order chi connectivity index (χ1) is 4.33. The molecule has 1 heterocycles. The van der Waals surface area contributed by atoms with E-state index in [9.17, 15) is 0 Å². The highest BCUT2D eigenvalue weighted by atomic mass is 35.5. The van der Waals surface area contributed by atoms with Gasteiger partial charge in [0.25, 0.3) is 0 Å². The summed E-state index contributed by atoms with van der Waals surface area (Å²) < 4.78 is 0. The van der Waals surface area contributed by atoms with E-state index in [1.807, 2.05) is 0 Å². The molecule has 10 heavy (non-hydrogen) atoms. The van der Waals surface area contributed by atoms with Gasteiger partial charge in [-0.3, -0.25) is 0 Å². The van der Waals surface area contributed by atoms with Gasteiger partial charge in [-0.25, -0.2) is 9.97 Å². The SMILES string of the molecule is Cl.NCc1cnc(N)nc1. The average molecular weight is 161 g/mol. The molecule has 0 amide bonds. The lowest BCUT2D eigenvalue weighted by atomic mass is 10.3. The lowest BCUT2D eigenvalue weighted by Crippen LogP contribution is -2.00. The molecule has 5 heteroatoms. The Hall–Kier alpha value is -0.870. The highest BCUT2D eigenvalue weighted by Crippen LogP contribution is 1.93. The summed E-state index contributed by atoms with van der Waals surface area (Å²) in [5.41, 5.74) is 11.4. The van der Waals surface area contributed by atoms with Crippen molar-refractivity contribution in [3.05, 3.63) is 18.0 Å². The van der Waals surface area contributed by atoms with E-state index in [4.69, 9.17) is 11.5 Å². The van der Waals surface area contributed by atoms with Crippen molar-refractivity contribution in [1.82, 2.24) is 9.97 Å². The minimum atomic E-state index is 0. The highest BCUT2D eigenvalue weighted by molar-refractivity contribution is 5.85. The Labute approximate surface area is 65.1 Å². The molecule has 0 atom stereocenters. The van der Waals surface area contributed by atoms with E-state index >= 15 is 0 Å². The molecule has 0 fully saturated rings. The van der Waals surface area contributed by atoms with Crippen molar-refractivity contribution in [3.63, 3.8) is 0 Å². The van der Waals surface area contributed by atoms with Crippen molar-refractivity contribution in [3.8, 4) is 0 Å². The van der Waals surface area contributed by atoms with Crippen LogP contribution in [0, 0.1) is 0 Å². The number of hydrogen-bond donors (Lipinski definition) is 2. The Bertz CT molecular complexity index is 185. The van der Waals surface area contributed by atoms with Crippen LogP contribution in [0.5, 0.6) is 0 Å². The number of nitrogens with zero attached hydrogens (tertiary/aromatic N) is 2. The fourth-order valence-electron chi connectivity index (χ4n) is 0.470. The molecule has 0 saturated heterocycles. The predicted octanol–water partition coefficient (Wildman–Crippen LogP) is -0.0607. The molecule has 1 aromatic rings. The fourth-order valence-corrected chi connectivity index (χ4v) is 0.470. The normalized spacial score (nSPS) is 8.50. The average Bonchev–Trinajstić information content (AvgIpc) is 1.90. The number of halogens is 1. The number of nitrogens with two attached hydrogens (primary N) is 2. The van der Waals surface area contributed by atoms with Gasteiger partial charge < -0.3 is 11.5 Å². The first-order valence-corrected chi connectivity index (χ1v) is 2.59. The van der Waals surface area contributed by atoms with Crippen molar-refractivity contribution in [2.24, 2.45) is 5.73 Å². The van der Waals surface area contributed by atoms with E-state index in [1.165, 1.54) is 0 Å². The van der Waals surface area contributed by atoms with Crippen molar-refractivity contribution < 1.29 is 0 Å². The molecular weight excluding hydrogens is 152 g/mol. The van der Waals surface area contributed by atoms with Crippen molar-refractivity contribution in [1.29, 1.82) is 0 Å². The fraction of sp³-hybridized carbons (Fsp3) is 0.200. The molecule has 0 aliphatic rings. The molecule has 0 bridgehead atoms. The lowest BCUT2D eigenvalue weighted by Gasteiger charge is -1.92.